The van der Waals surface area contributed by atoms with Crippen molar-refractivity contribution in [1.29, 1.82) is 0 Å². The van der Waals surface area contributed by atoms with Gasteiger partial charge in [0.05, 0.1) is 10.9 Å². The highest BCUT2D eigenvalue weighted by Crippen LogP contribution is 2.36. The summed E-state index contributed by atoms with van der Waals surface area (Å²) in [5, 5.41) is 3.03. The number of nitrogens with zero attached hydrogens (tertiary/aromatic N) is 1. The maximum atomic E-state index is 14.0. The molecule has 0 aliphatic carbocycles. The van der Waals surface area contributed by atoms with Crippen molar-refractivity contribution in [3.05, 3.63) is 53.0 Å². The van der Waals surface area contributed by atoms with Crippen LogP contribution in [0.3, 0.4) is 0 Å². The summed E-state index contributed by atoms with van der Waals surface area (Å²) < 4.78 is 30.4. The quantitative estimate of drug-likeness (QED) is 0.426. The van der Waals surface area contributed by atoms with Crippen LogP contribution in [0.2, 0.25) is 0 Å². The van der Waals surface area contributed by atoms with Crippen LogP contribution in [0.25, 0.3) is 21.3 Å². The number of hydrogen-bond donors (Lipinski definition) is 0. The van der Waals surface area contributed by atoms with E-state index in [4.69, 9.17) is 0 Å². The van der Waals surface area contributed by atoms with Crippen LogP contribution in [-0.4, -0.2) is 0 Å². The second kappa shape index (κ2) is 3.36. The van der Waals surface area contributed by atoms with Gasteiger partial charge >= 0.3 is 0 Å². The van der Waals surface area contributed by atoms with Crippen molar-refractivity contribution in [2.45, 2.75) is 6.54 Å². The largest absolute Gasteiger partial charge is 0.225 e. The third-order valence-corrected chi connectivity index (χ3v) is 4.24. The molecule has 0 radical (unpaired) electrons. The van der Waals surface area contributed by atoms with E-state index < -0.39 is 11.6 Å². The minimum atomic E-state index is -0.513. The van der Waals surface area contributed by atoms with Gasteiger partial charge in [-0.25, -0.2) is 8.78 Å². The number of thiophene rings is 1. The molecule has 0 bridgehead atoms. The number of pyridine rings is 1. The van der Waals surface area contributed by atoms with Crippen molar-refractivity contribution in [3.63, 3.8) is 0 Å². The zero-order valence-corrected chi connectivity index (χ0v) is 10.1. The molecule has 0 saturated carbocycles. The number of benzene rings is 1. The van der Waals surface area contributed by atoms with Gasteiger partial charge in [0.25, 0.3) is 0 Å². The van der Waals surface area contributed by atoms with Crippen LogP contribution in [0.1, 0.15) is 5.56 Å². The van der Waals surface area contributed by atoms with E-state index >= 15 is 0 Å². The van der Waals surface area contributed by atoms with Crippen LogP contribution in [0.4, 0.5) is 8.78 Å². The summed E-state index contributed by atoms with van der Waals surface area (Å²) in [5.74, 6) is -0.990. The average molecular weight is 260 g/mol. The van der Waals surface area contributed by atoms with Crippen LogP contribution >= 0.6 is 11.3 Å². The predicted molar refractivity (Wildman–Crippen MR) is 66.5 cm³/mol. The molecule has 1 aliphatic heterocycles. The lowest BCUT2D eigenvalue weighted by molar-refractivity contribution is -0.671. The molecule has 2 aromatic heterocycles. The van der Waals surface area contributed by atoms with E-state index in [0.29, 0.717) is 17.7 Å². The summed E-state index contributed by atoms with van der Waals surface area (Å²) in [6, 6.07) is 6.39. The fourth-order valence-electron chi connectivity index (χ4n) is 2.64. The molecule has 0 fully saturated rings. The molecular weight excluding hydrogens is 252 g/mol. The molecule has 1 aromatic carbocycles. The minimum absolute atomic E-state index is 0.477. The smallest absolute Gasteiger partial charge is 0.207 e. The van der Waals surface area contributed by atoms with Crippen molar-refractivity contribution < 1.29 is 13.3 Å². The molecule has 3 heterocycles. The average Bonchev–Trinajstić information content (AvgIpc) is 2.89. The summed E-state index contributed by atoms with van der Waals surface area (Å²) >= 11 is 1.63. The Morgan fingerprint density at radius 1 is 1.17 bits per heavy atom. The Morgan fingerprint density at radius 2 is 2.06 bits per heavy atom. The van der Waals surface area contributed by atoms with E-state index in [1.165, 1.54) is 6.07 Å². The minimum Gasteiger partial charge on any atom is -0.207 e. The van der Waals surface area contributed by atoms with Gasteiger partial charge in [-0.2, -0.15) is 4.57 Å². The summed E-state index contributed by atoms with van der Waals surface area (Å²) in [5.41, 5.74) is 2.12. The molecule has 88 valence electrons. The zero-order valence-electron chi connectivity index (χ0n) is 9.28. The van der Waals surface area contributed by atoms with Crippen LogP contribution < -0.4 is 4.57 Å². The van der Waals surface area contributed by atoms with Gasteiger partial charge in [-0.3, -0.25) is 0 Å². The van der Waals surface area contributed by atoms with E-state index in [0.717, 1.165) is 21.8 Å². The molecule has 0 saturated heterocycles. The van der Waals surface area contributed by atoms with Crippen LogP contribution in [-0.2, 0) is 6.54 Å². The molecular formula is C14H8F2NS+. The number of aromatic nitrogens is 1. The molecule has 0 amide bonds. The Kier molecular flexibility index (Phi) is 1.89. The summed E-state index contributed by atoms with van der Waals surface area (Å²) in [6.45, 7) is 0.533. The Hall–Kier alpha value is -1.81. The molecule has 1 aliphatic rings. The second-order valence-electron chi connectivity index (χ2n) is 4.41. The SMILES string of the molecule is Fc1cc(F)c2c(c1)C[n+]1ccc3sccc3c1-2. The van der Waals surface area contributed by atoms with Crippen molar-refractivity contribution >= 4 is 21.4 Å². The Labute approximate surface area is 106 Å². The lowest BCUT2D eigenvalue weighted by Crippen LogP contribution is -2.31. The van der Waals surface area contributed by atoms with Crippen LogP contribution in [0.5, 0.6) is 0 Å². The maximum absolute atomic E-state index is 14.0. The Morgan fingerprint density at radius 3 is 2.94 bits per heavy atom. The third kappa shape index (κ3) is 1.21. The molecule has 0 spiro atoms. The van der Waals surface area contributed by atoms with Gasteiger partial charge in [-0.05, 0) is 17.5 Å². The first-order valence-electron chi connectivity index (χ1n) is 5.62. The predicted octanol–water partition coefficient (Wildman–Crippen LogP) is 3.50. The van der Waals surface area contributed by atoms with E-state index in [9.17, 15) is 8.78 Å². The highest BCUT2D eigenvalue weighted by Gasteiger charge is 2.32. The van der Waals surface area contributed by atoms with Crippen LogP contribution in [0.15, 0.2) is 35.8 Å². The number of fused-ring (bicyclic) bond motifs is 5. The summed E-state index contributed by atoms with van der Waals surface area (Å²) in [7, 11) is 0. The van der Waals surface area contributed by atoms with Crippen molar-refractivity contribution in [3.8, 4) is 11.3 Å². The summed E-state index contributed by atoms with van der Waals surface area (Å²) in [4.78, 5) is 0. The zero-order chi connectivity index (χ0) is 12.3. The van der Waals surface area contributed by atoms with Gasteiger partial charge in [0.15, 0.2) is 12.7 Å². The van der Waals surface area contributed by atoms with Gasteiger partial charge in [0.1, 0.15) is 11.6 Å². The fraction of sp³-hybridized carbons (Fsp3) is 0.0714. The van der Waals surface area contributed by atoms with Crippen molar-refractivity contribution in [1.82, 2.24) is 0 Å². The van der Waals surface area contributed by atoms with Crippen molar-refractivity contribution in [2.24, 2.45) is 0 Å². The Balaban J connectivity index is 2.16. The van der Waals surface area contributed by atoms with E-state index in [-0.39, 0.29) is 0 Å². The van der Waals surface area contributed by atoms with Gasteiger partial charge < -0.3 is 0 Å². The molecule has 3 aromatic rings. The Bertz CT molecular complexity index is 792. The van der Waals surface area contributed by atoms with E-state index in [1.807, 2.05) is 28.3 Å². The number of halogens is 2. The highest BCUT2D eigenvalue weighted by molar-refractivity contribution is 7.17. The van der Waals surface area contributed by atoms with Gasteiger partial charge in [-0.1, -0.05) is 0 Å². The molecule has 1 nitrogen and oxygen atoms in total. The molecule has 4 rings (SSSR count). The van der Waals surface area contributed by atoms with Crippen molar-refractivity contribution in [2.75, 3.05) is 0 Å². The van der Waals surface area contributed by atoms with E-state index in [2.05, 4.69) is 0 Å². The molecule has 0 N–H and O–H groups in total. The van der Waals surface area contributed by atoms with E-state index in [1.54, 1.807) is 11.3 Å². The molecule has 4 heteroatoms. The molecule has 18 heavy (non-hydrogen) atoms. The normalized spacial score (nSPS) is 12.8. The monoisotopic (exact) mass is 260 g/mol. The second-order valence-corrected chi connectivity index (χ2v) is 5.36. The number of rotatable bonds is 0. The van der Waals surface area contributed by atoms with Gasteiger partial charge in [0.2, 0.25) is 5.69 Å². The highest BCUT2D eigenvalue weighted by atomic mass is 32.1. The summed E-state index contributed by atoms with van der Waals surface area (Å²) in [6.07, 6.45) is 1.94. The first-order chi connectivity index (χ1) is 8.74. The van der Waals surface area contributed by atoms with Gasteiger partial charge in [-0.15, -0.1) is 11.3 Å². The first-order valence-corrected chi connectivity index (χ1v) is 6.50. The third-order valence-electron chi connectivity index (χ3n) is 3.36. The number of hydrogen-bond acceptors (Lipinski definition) is 1. The van der Waals surface area contributed by atoms with Crippen LogP contribution in [0, 0.1) is 11.6 Å². The standard InChI is InChI=1S/C14H8F2NS/c15-9-5-8-7-17-3-1-12-10(2-4-18-12)14(17)13(8)11(16)6-9/h1-6H,7H2/q+1. The molecule has 0 atom stereocenters. The van der Waals surface area contributed by atoms with Gasteiger partial charge in [0, 0.05) is 22.4 Å². The topological polar surface area (TPSA) is 3.88 Å². The maximum Gasteiger partial charge on any atom is 0.225 e. The lowest BCUT2D eigenvalue weighted by atomic mass is 10.0. The lowest BCUT2D eigenvalue weighted by Gasteiger charge is -1.98. The first kappa shape index (κ1) is 10.1. The fourth-order valence-corrected chi connectivity index (χ4v) is 3.42. The molecule has 0 unspecified atom stereocenters.